The van der Waals surface area contributed by atoms with Crippen molar-refractivity contribution in [3.05, 3.63) is 17.0 Å². The van der Waals surface area contributed by atoms with Gasteiger partial charge in [-0.25, -0.2) is 12.7 Å². The van der Waals surface area contributed by atoms with Crippen LogP contribution in [0.1, 0.15) is 21.7 Å². The molecule has 2 atom stereocenters. The number of likely N-dealkylation sites (tertiary alicyclic amines) is 1. The van der Waals surface area contributed by atoms with Crippen LogP contribution in [0.15, 0.2) is 0 Å². The van der Waals surface area contributed by atoms with E-state index < -0.39 is 22.0 Å². The van der Waals surface area contributed by atoms with Gasteiger partial charge in [0.2, 0.25) is 10.0 Å². The first-order valence-electron chi connectivity index (χ1n) is 8.31. The molecule has 1 fully saturated rings. The van der Waals surface area contributed by atoms with Crippen molar-refractivity contribution < 1.29 is 18.3 Å². The van der Waals surface area contributed by atoms with Gasteiger partial charge >= 0.3 is 0 Å². The number of β-amino-alcohol motifs (C(OH)–C–C–N with tert-alkyl or cyclic N) is 1. The van der Waals surface area contributed by atoms with E-state index in [1.54, 1.807) is 0 Å². The average Bonchev–Trinajstić information content (AvgIpc) is 3.10. The van der Waals surface area contributed by atoms with Crippen LogP contribution in [-0.2, 0) is 23.0 Å². The molecule has 2 N–H and O–H groups in total. The van der Waals surface area contributed by atoms with Crippen LogP contribution in [-0.4, -0.2) is 96.4 Å². The first-order valence-corrected chi connectivity index (χ1v) is 9.92. The Bertz CT molecular complexity index is 760. The molecule has 0 saturated carbocycles. The Morgan fingerprint density at radius 2 is 2.12 bits per heavy atom. The van der Waals surface area contributed by atoms with Gasteiger partial charge in [0, 0.05) is 63.9 Å². The lowest BCUT2D eigenvalue weighted by molar-refractivity contribution is 0.0756. The largest absolute Gasteiger partial charge is 0.391 e. The number of carbonyl (C=O) groups excluding carboxylic acids is 1. The van der Waals surface area contributed by atoms with E-state index in [0.717, 1.165) is 28.5 Å². The molecule has 3 heterocycles. The first-order chi connectivity index (χ1) is 11.7. The number of aliphatic hydroxyl groups excluding tert-OH is 1. The number of sulfonamides is 1. The van der Waals surface area contributed by atoms with Crippen LogP contribution in [0.25, 0.3) is 0 Å². The van der Waals surface area contributed by atoms with Gasteiger partial charge in [0.25, 0.3) is 5.91 Å². The van der Waals surface area contributed by atoms with Crippen LogP contribution in [0, 0.1) is 5.92 Å². The smallest absolute Gasteiger partial charge is 0.274 e. The molecule has 2 aliphatic heterocycles. The number of likely N-dealkylation sites (N-methyl/N-ethyl adjacent to an activating group) is 1. The van der Waals surface area contributed by atoms with Crippen LogP contribution >= 0.6 is 0 Å². The summed E-state index contributed by atoms with van der Waals surface area (Å²) in [4.78, 5) is 16.5. The molecule has 25 heavy (non-hydrogen) atoms. The van der Waals surface area contributed by atoms with Gasteiger partial charge in [-0.05, 0) is 7.05 Å². The van der Waals surface area contributed by atoms with Crippen molar-refractivity contribution in [2.24, 2.45) is 5.92 Å². The Balaban J connectivity index is 1.74. The van der Waals surface area contributed by atoms with Crippen LogP contribution in [0.3, 0.4) is 0 Å². The Hall–Kier alpha value is -1.49. The first kappa shape index (κ1) is 18.3. The zero-order chi connectivity index (χ0) is 18.4. The predicted molar refractivity (Wildman–Crippen MR) is 91.5 cm³/mol. The Morgan fingerprint density at radius 3 is 2.80 bits per heavy atom. The van der Waals surface area contributed by atoms with Crippen molar-refractivity contribution in [1.82, 2.24) is 24.3 Å². The third kappa shape index (κ3) is 3.57. The summed E-state index contributed by atoms with van der Waals surface area (Å²) < 4.78 is 25.2. The standard InChI is InChI=1S/C15H25N5O4S/c1-18(2)25(23,24)9-10-6-20(8-13(10)21)15(22)14-11-7-19(3)5-4-12(11)16-17-14/h10,13,21H,4-9H2,1-3H3,(H,16,17)/t10-,13+/m0/s1. The van der Waals surface area contributed by atoms with E-state index in [2.05, 4.69) is 15.1 Å². The molecule has 10 heteroatoms. The minimum Gasteiger partial charge on any atom is -0.391 e. The molecule has 1 saturated heterocycles. The minimum atomic E-state index is -3.43. The lowest BCUT2D eigenvalue weighted by atomic mass is 10.1. The number of nitrogens with one attached hydrogen (secondary N) is 1. The monoisotopic (exact) mass is 371 g/mol. The van der Waals surface area contributed by atoms with E-state index in [0.29, 0.717) is 12.2 Å². The molecule has 0 aromatic carbocycles. The summed E-state index contributed by atoms with van der Waals surface area (Å²) in [5.41, 5.74) is 2.26. The highest BCUT2D eigenvalue weighted by Crippen LogP contribution is 2.25. The maximum Gasteiger partial charge on any atom is 0.274 e. The Labute approximate surface area is 147 Å². The number of rotatable bonds is 4. The van der Waals surface area contributed by atoms with Crippen LogP contribution in [0.2, 0.25) is 0 Å². The molecule has 1 amide bonds. The van der Waals surface area contributed by atoms with Crippen molar-refractivity contribution in [2.75, 3.05) is 46.5 Å². The second-order valence-electron chi connectivity index (χ2n) is 7.12. The summed E-state index contributed by atoms with van der Waals surface area (Å²) in [6.07, 6.45) is -0.0329. The molecule has 140 valence electrons. The number of amides is 1. The zero-order valence-electron chi connectivity index (χ0n) is 14.8. The Kier molecular flexibility index (Phi) is 4.89. The fourth-order valence-electron chi connectivity index (χ4n) is 3.36. The highest BCUT2D eigenvalue weighted by atomic mass is 32.2. The molecule has 1 aromatic rings. The van der Waals surface area contributed by atoms with Gasteiger partial charge in [-0.3, -0.25) is 9.89 Å². The van der Waals surface area contributed by atoms with Gasteiger partial charge < -0.3 is 14.9 Å². The van der Waals surface area contributed by atoms with E-state index in [4.69, 9.17) is 0 Å². The average molecular weight is 371 g/mol. The SMILES string of the molecule is CN1CCc2[nH]nc(C(=O)N3C[C@@H](CS(=O)(=O)N(C)C)[C@H](O)C3)c2C1. The number of aliphatic hydroxyl groups is 1. The lowest BCUT2D eigenvalue weighted by Gasteiger charge is -2.23. The molecule has 0 radical (unpaired) electrons. The number of H-pyrrole nitrogens is 1. The van der Waals surface area contributed by atoms with Gasteiger partial charge in [-0.1, -0.05) is 0 Å². The number of nitrogens with zero attached hydrogens (tertiary/aromatic N) is 4. The molecule has 0 spiro atoms. The minimum absolute atomic E-state index is 0.129. The molecule has 9 nitrogen and oxygen atoms in total. The van der Waals surface area contributed by atoms with E-state index in [1.165, 1.54) is 19.0 Å². The topological polar surface area (TPSA) is 110 Å². The van der Waals surface area contributed by atoms with Gasteiger partial charge in [0.15, 0.2) is 5.69 Å². The number of hydrogen-bond acceptors (Lipinski definition) is 6. The predicted octanol–water partition coefficient (Wildman–Crippen LogP) is -1.28. The summed E-state index contributed by atoms with van der Waals surface area (Å²) >= 11 is 0. The molecular formula is C15H25N5O4S. The maximum absolute atomic E-state index is 12.8. The molecule has 1 aromatic heterocycles. The number of hydrogen-bond donors (Lipinski definition) is 2. The zero-order valence-corrected chi connectivity index (χ0v) is 15.6. The number of carbonyl (C=O) groups is 1. The van der Waals surface area contributed by atoms with Crippen molar-refractivity contribution >= 4 is 15.9 Å². The second-order valence-corrected chi connectivity index (χ2v) is 9.34. The molecule has 0 bridgehead atoms. The quantitative estimate of drug-likeness (QED) is 0.682. The van der Waals surface area contributed by atoms with Crippen molar-refractivity contribution in [3.63, 3.8) is 0 Å². The third-order valence-corrected chi connectivity index (χ3v) is 6.96. The summed E-state index contributed by atoms with van der Waals surface area (Å²) in [7, 11) is 1.49. The maximum atomic E-state index is 12.8. The summed E-state index contributed by atoms with van der Waals surface area (Å²) in [6, 6.07) is 0. The van der Waals surface area contributed by atoms with Crippen molar-refractivity contribution in [1.29, 1.82) is 0 Å². The van der Waals surface area contributed by atoms with E-state index in [-0.39, 0.29) is 24.7 Å². The van der Waals surface area contributed by atoms with Crippen LogP contribution < -0.4 is 0 Å². The van der Waals surface area contributed by atoms with Gasteiger partial charge in [-0.15, -0.1) is 0 Å². The fraction of sp³-hybridized carbons (Fsp3) is 0.733. The lowest BCUT2D eigenvalue weighted by Crippen LogP contribution is -2.34. The third-order valence-electron chi connectivity index (χ3n) is 5.00. The molecular weight excluding hydrogens is 346 g/mol. The summed E-state index contributed by atoms with van der Waals surface area (Å²) in [6.45, 7) is 1.91. The van der Waals surface area contributed by atoms with E-state index in [1.807, 2.05) is 7.05 Å². The van der Waals surface area contributed by atoms with E-state index in [9.17, 15) is 18.3 Å². The fourth-order valence-corrected chi connectivity index (χ4v) is 4.53. The van der Waals surface area contributed by atoms with Crippen molar-refractivity contribution in [3.8, 4) is 0 Å². The number of aromatic amines is 1. The van der Waals surface area contributed by atoms with Crippen molar-refractivity contribution in [2.45, 2.75) is 19.1 Å². The van der Waals surface area contributed by atoms with Crippen LogP contribution in [0.5, 0.6) is 0 Å². The number of aromatic nitrogens is 2. The molecule has 2 aliphatic rings. The van der Waals surface area contributed by atoms with Gasteiger partial charge in [0.1, 0.15) is 0 Å². The van der Waals surface area contributed by atoms with Gasteiger partial charge in [0.05, 0.1) is 11.9 Å². The molecule has 3 rings (SSSR count). The highest BCUT2D eigenvalue weighted by Gasteiger charge is 2.39. The van der Waals surface area contributed by atoms with E-state index >= 15 is 0 Å². The molecule has 0 unspecified atom stereocenters. The van der Waals surface area contributed by atoms with Gasteiger partial charge in [-0.2, -0.15) is 5.10 Å². The summed E-state index contributed by atoms with van der Waals surface area (Å²) in [5.74, 6) is -0.919. The Morgan fingerprint density at radius 1 is 1.40 bits per heavy atom. The summed E-state index contributed by atoms with van der Waals surface area (Å²) in [5, 5.41) is 17.3. The number of fused-ring (bicyclic) bond motifs is 1. The van der Waals surface area contributed by atoms with Crippen LogP contribution in [0.4, 0.5) is 0 Å². The second kappa shape index (κ2) is 6.67. The molecule has 0 aliphatic carbocycles. The normalized spacial score (nSPS) is 24.8. The highest BCUT2D eigenvalue weighted by molar-refractivity contribution is 7.89.